The summed E-state index contributed by atoms with van der Waals surface area (Å²) in [6, 6.07) is 0. The lowest BCUT2D eigenvalue weighted by atomic mass is 10.3. The molecule has 134 valence electrons. The molecule has 5 nitrogen and oxygen atoms in total. The number of guanidine groups is 1. The summed E-state index contributed by atoms with van der Waals surface area (Å²) in [5.41, 5.74) is 1.12. The minimum Gasteiger partial charge on any atom is -0.381 e. The zero-order valence-corrected chi connectivity index (χ0v) is 17.7. The molecule has 1 aromatic heterocycles. The zero-order chi connectivity index (χ0) is 16.0. The van der Waals surface area contributed by atoms with Gasteiger partial charge >= 0.3 is 0 Å². The molecule has 0 radical (unpaired) electrons. The van der Waals surface area contributed by atoms with E-state index in [-0.39, 0.29) is 24.0 Å². The predicted octanol–water partition coefficient (Wildman–Crippen LogP) is 3.37. The number of nitrogens with zero attached hydrogens (tertiary/aromatic N) is 2. The second kappa shape index (κ2) is 15.1. The molecule has 0 amide bonds. The lowest BCUT2D eigenvalue weighted by Crippen LogP contribution is -2.38. The Hall–Kier alpha value is -0.410. The highest BCUT2D eigenvalue weighted by molar-refractivity contribution is 14.0. The molecule has 1 rings (SSSR count). The summed E-state index contributed by atoms with van der Waals surface area (Å²) in [6.07, 6.45) is 5.43. The summed E-state index contributed by atoms with van der Waals surface area (Å²) in [4.78, 5) is 8.69. The highest BCUT2D eigenvalue weighted by Crippen LogP contribution is 2.10. The van der Waals surface area contributed by atoms with Crippen molar-refractivity contribution in [2.45, 2.75) is 46.0 Å². The van der Waals surface area contributed by atoms with Crippen LogP contribution in [0.1, 0.15) is 43.3 Å². The van der Waals surface area contributed by atoms with E-state index in [1.807, 2.05) is 6.92 Å². The number of aromatic nitrogens is 1. The molecule has 0 unspecified atom stereocenters. The molecule has 0 fully saturated rings. The molecule has 0 saturated carbocycles. The molecule has 0 atom stereocenters. The van der Waals surface area contributed by atoms with Crippen LogP contribution in [0.15, 0.2) is 10.4 Å². The van der Waals surface area contributed by atoms with E-state index in [4.69, 9.17) is 4.74 Å². The highest BCUT2D eigenvalue weighted by Gasteiger charge is 2.00. The largest absolute Gasteiger partial charge is 0.381 e. The Bertz CT molecular complexity index is 426. The van der Waals surface area contributed by atoms with Gasteiger partial charge in [-0.25, -0.2) is 4.98 Å². The van der Waals surface area contributed by atoms with Gasteiger partial charge in [0.2, 0.25) is 0 Å². The molecule has 1 aromatic rings. The Morgan fingerprint density at radius 3 is 2.52 bits per heavy atom. The maximum Gasteiger partial charge on any atom is 0.190 e. The van der Waals surface area contributed by atoms with Gasteiger partial charge in [-0.3, -0.25) is 4.99 Å². The van der Waals surface area contributed by atoms with E-state index in [0.717, 1.165) is 63.6 Å². The van der Waals surface area contributed by atoms with E-state index in [0.29, 0.717) is 0 Å². The highest BCUT2D eigenvalue weighted by atomic mass is 127. The Kier molecular flexibility index (Phi) is 14.9. The topological polar surface area (TPSA) is 58.5 Å². The maximum absolute atomic E-state index is 5.53. The zero-order valence-electron chi connectivity index (χ0n) is 14.6. The fourth-order valence-corrected chi connectivity index (χ4v) is 2.73. The number of nitrogens with one attached hydrogen (secondary N) is 2. The number of unbranched alkanes of at least 4 members (excludes halogenated alkanes) is 1. The Morgan fingerprint density at radius 2 is 1.91 bits per heavy atom. The second-order valence-corrected chi connectivity index (χ2v) is 6.17. The van der Waals surface area contributed by atoms with Gasteiger partial charge in [-0.2, -0.15) is 0 Å². The normalized spacial score (nSPS) is 11.2. The van der Waals surface area contributed by atoms with Crippen LogP contribution in [0.5, 0.6) is 0 Å². The first kappa shape index (κ1) is 22.6. The van der Waals surface area contributed by atoms with E-state index >= 15 is 0 Å². The predicted molar refractivity (Wildman–Crippen MR) is 110 cm³/mol. The Morgan fingerprint density at radius 1 is 1.22 bits per heavy atom. The molecule has 0 saturated heterocycles. The maximum atomic E-state index is 5.53. The van der Waals surface area contributed by atoms with E-state index in [2.05, 4.69) is 32.9 Å². The quantitative estimate of drug-likeness (QED) is 0.233. The van der Waals surface area contributed by atoms with Crippen LogP contribution < -0.4 is 10.6 Å². The third kappa shape index (κ3) is 11.7. The van der Waals surface area contributed by atoms with E-state index in [9.17, 15) is 0 Å². The third-order valence-electron chi connectivity index (χ3n) is 3.15. The fraction of sp³-hybridized carbons (Fsp3) is 0.750. The van der Waals surface area contributed by atoms with E-state index in [1.54, 1.807) is 18.4 Å². The van der Waals surface area contributed by atoms with Crippen LogP contribution in [0.3, 0.4) is 0 Å². The molecule has 23 heavy (non-hydrogen) atoms. The number of rotatable bonds is 11. The van der Waals surface area contributed by atoms with Crippen molar-refractivity contribution in [2.75, 3.05) is 33.4 Å². The van der Waals surface area contributed by atoms with Crippen LogP contribution in [-0.4, -0.2) is 44.3 Å². The molecule has 0 aliphatic heterocycles. The fourth-order valence-electron chi connectivity index (χ4n) is 1.91. The van der Waals surface area contributed by atoms with Crippen molar-refractivity contribution in [3.63, 3.8) is 0 Å². The van der Waals surface area contributed by atoms with Crippen molar-refractivity contribution in [1.29, 1.82) is 0 Å². The van der Waals surface area contributed by atoms with E-state index in [1.165, 1.54) is 11.4 Å². The van der Waals surface area contributed by atoms with Crippen molar-refractivity contribution in [1.82, 2.24) is 15.6 Å². The lowest BCUT2D eigenvalue weighted by molar-refractivity contribution is 0.129. The van der Waals surface area contributed by atoms with Gasteiger partial charge in [0.15, 0.2) is 5.96 Å². The van der Waals surface area contributed by atoms with Gasteiger partial charge in [0.1, 0.15) is 0 Å². The molecule has 7 heteroatoms. The summed E-state index contributed by atoms with van der Waals surface area (Å²) < 4.78 is 5.53. The molecule has 0 spiro atoms. The van der Waals surface area contributed by atoms with Crippen molar-refractivity contribution < 1.29 is 4.74 Å². The summed E-state index contributed by atoms with van der Waals surface area (Å²) in [5, 5.41) is 9.96. The first-order chi connectivity index (χ1) is 10.8. The van der Waals surface area contributed by atoms with Crippen molar-refractivity contribution >= 4 is 41.3 Å². The van der Waals surface area contributed by atoms with Crippen molar-refractivity contribution in [2.24, 2.45) is 4.99 Å². The average molecular weight is 454 g/mol. The van der Waals surface area contributed by atoms with Crippen molar-refractivity contribution in [3.8, 4) is 0 Å². The van der Waals surface area contributed by atoms with Gasteiger partial charge in [-0.1, -0.05) is 13.3 Å². The van der Waals surface area contributed by atoms with Crippen LogP contribution in [0.4, 0.5) is 0 Å². The molecule has 0 aromatic carbocycles. The van der Waals surface area contributed by atoms with Gasteiger partial charge in [-0.15, -0.1) is 35.3 Å². The number of aliphatic imine (C=N–C) groups is 1. The number of aryl methyl sites for hydroxylation is 2. The molecule has 2 N–H and O–H groups in total. The van der Waals surface area contributed by atoms with Gasteiger partial charge in [0.25, 0.3) is 0 Å². The molecule has 0 aliphatic carbocycles. The van der Waals surface area contributed by atoms with Crippen LogP contribution in [0.2, 0.25) is 0 Å². The van der Waals surface area contributed by atoms with E-state index < -0.39 is 0 Å². The monoisotopic (exact) mass is 454 g/mol. The first-order valence-electron chi connectivity index (χ1n) is 8.19. The number of thiazole rings is 1. The smallest absolute Gasteiger partial charge is 0.190 e. The van der Waals surface area contributed by atoms with Gasteiger partial charge < -0.3 is 15.4 Å². The van der Waals surface area contributed by atoms with Gasteiger partial charge in [-0.05, 0) is 26.2 Å². The van der Waals surface area contributed by atoms with Crippen LogP contribution in [-0.2, 0) is 11.2 Å². The van der Waals surface area contributed by atoms with Gasteiger partial charge in [0.05, 0.1) is 5.01 Å². The average Bonchev–Trinajstić information content (AvgIpc) is 2.94. The Labute approximate surface area is 161 Å². The minimum atomic E-state index is 0. The molecular weight excluding hydrogens is 423 g/mol. The van der Waals surface area contributed by atoms with Crippen LogP contribution in [0, 0.1) is 6.92 Å². The molecule has 0 bridgehead atoms. The van der Waals surface area contributed by atoms with Crippen LogP contribution >= 0.6 is 35.3 Å². The summed E-state index contributed by atoms with van der Waals surface area (Å²) in [5.74, 6) is 0.865. The lowest BCUT2D eigenvalue weighted by Gasteiger charge is -2.11. The number of hydrogen-bond donors (Lipinski definition) is 2. The molecular formula is C16H31IN4OS. The number of halogens is 1. The third-order valence-corrected chi connectivity index (χ3v) is 4.18. The summed E-state index contributed by atoms with van der Waals surface area (Å²) in [6.45, 7) is 7.70. The second-order valence-electron chi connectivity index (χ2n) is 5.23. The number of hydrogen-bond acceptors (Lipinski definition) is 4. The molecule has 0 aliphatic rings. The number of ether oxygens (including phenoxy) is 1. The summed E-state index contributed by atoms with van der Waals surface area (Å²) in [7, 11) is 1.80. The van der Waals surface area contributed by atoms with Crippen molar-refractivity contribution in [3.05, 3.63) is 16.1 Å². The summed E-state index contributed by atoms with van der Waals surface area (Å²) >= 11 is 1.74. The first-order valence-corrected chi connectivity index (χ1v) is 9.07. The Balaban J connectivity index is 0.00000484. The standard InChI is InChI=1S/C16H30N4OS.HI/c1-4-5-11-21-12-7-10-19-16(17-3)18-9-6-8-15-20-14(2)13-22-15;/h13H,4-12H2,1-3H3,(H2,17,18,19);1H. The SMILES string of the molecule is CCCCOCCCNC(=NC)NCCCc1nc(C)cs1.I. The van der Waals surface area contributed by atoms with Crippen LogP contribution in [0.25, 0.3) is 0 Å². The van der Waals surface area contributed by atoms with Gasteiger partial charge in [0, 0.05) is 50.8 Å². The minimum absolute atomic E-state index is 0. The molecule has 1 heterocycles.